The minimum absolute atomic E-state index is 0.0992. The second-order valence-corrected chi connectivity index (χ2v) is 5.41. The number of hydrogen-bond donors (Lipinski definition) is 0. The quantitative estimate of drug-likeness (QED) is 0.839. The van der Waals surface area contributed by atoms with Crippen LogP contribution in [0.4, 0.5) is 0 Å². The molecule has 4 heteroatoms. The molecule has 0 spiro atoms. The number of likely N-dealkylation sites (tertiary alicyclic amines) is 1. The Morgan fingerprint density at radius 3 is 2.68 bits per heavy atom. The predicted octanol–water partition coefficient (Wildman–Crippen LogP) is 2.64. The molecule has 1 saturated heterocycles. The SMILES string of the molecule is O=C(c1ccnc(OC2CCCCC2)c1)N1CCC1. The summed E-state index contributed by atoms with van der Waals surface area (Å²) in [6.07, 6.45) is 9.04. The Balaban J connectivity index is 1.66. The molecule has 2 aliphatic rings. The number of carbonyl (C=O) groups is 1. The molecule has 2 heterocycles. The number of rotatable bonds is 3. The van der Waals surface area contributed by atoms with Gasteiger partial charge in [-0.1, -0.05) is 6.42 Å². The normalized spacial score (nSPS) is 19.9. The van der Waals surface area contributed by atoms with Gasteiger partial charge in [-0.3, -0.25) is 4.79 Å². The Bertz CT molecular complexity index is 451. The minimum atomic E-state index is 0.0992. The van der Waals surface area contributed by atoms with Gasteiger partial charge in [0.15, 0.2) is 0 Å². The summed E-state index contributed by atoms with van der Waals surface area (Å²) in [6.45, 7) is 1.75. The Morgan fingerprint density at radius 2 is 2.00 bits per heavy atom. The molecule has 1 aromatic rings. The second-order valence-electron chi connectivity index (χ2n) is 5.41. The van der Waals surface area contributed by atoms with E-state index in [1.54, 1.807) is 18.3 Å². The molecular formula is C15H20N2O2. The molecule has 1 saturated carbocycles. The van der Waals surface area contributed by atoms with Crippen LogP contribution < -0.4 is 4.74 Å². The van der Waals surface area contributed by atoms with Gasteiger partial charge in [-0.25, -0.2) is 4.98 Å². The van der Waals surface area contributed by atoms with Gasteiger partial charge in [0.1, 0.15) is 6.10 Å². The molecule has 0 aromatic carbocycles. The van der Waals surface area contributed by atoms with Crippen LogP contribution in [0.1, 0.15) is 48.9 Å². The van der Waals surface area contributed by atoms with E-state index in [4.69, 9.17) is 4.74 Å². The van der Waals surface area contributed by atoms with Gasteiger partial charge in [0.05, 0.1) is 0 Å². The first-order valence-electron chi connectivity index (χ1n) is 7.25. The van der Waals surface area contributed by atoms with Crippen LogP contribution in [0.2, 0.25) is 0 Å². The molecule has 102 valence electrons. The molecule has 4 nitrogen and oxygen atoms in total. The Labute approximate surface area is 113 Å². The van der Waals surface area contributed by atoms with Crippen molar-refractivity contribution >= 4 is 5.91 Å². The summed E-state index contributed by atoms with van der Waals surface area (Å²) in [5, 5.41) is 0. The smallest absolute Gasteiger partial charge is 0.254 e. The predicted molar refractivity (Wildman–Crippen MR) is 72.3 cm³/mol. The summed E-state index contributed by atoms with van der Waals surface area (Å²) in [5.41, 5.74) is 0.695. The van der Waals surface area contributed by atoms with Crippen molar-refractivity contribution in [3.8, 4) is 5.88 Å². The van der Waals surface area contributed by atoms with Crippen LogP contribution in [0.3, 0.4) is 0 Å². The Hall–Kier alpha value is -1.58. The maximum Gasteiger partial charge on any atom is 0.254 e. The molecule has 1 aliphatic carbocycles. The zero-order valence-electron chi connectivity index (χ0n) is 11.2. The molecule has 0 unspecified atom stereocenters. The Morgan fingerprint density at radius 1 is 1.21 bits per heavy atom. The van der Waals surface area contributed by atoms with Crippen molar-refractivity contribution < 1.29 is 9.53 Å². The van der Waals surface area contributed by atoms with E-state index >= 15 is 0 Å². The van der Waals surface area contributed by atoms with Crippen LogP contribution in [0.5, 0.6) is 5.88 Å². The molecule has 1 amide bonds. The Kier molecular flexibility index (Phi) is 3.67. The summed E-state index contributed by atoms with van der Waals surface area (Å²) in [5.74, 6) is 0.695. The van der Waals surface area contributed by atoms with E-state index in [9.17, 15) is 4.79 Å². The van der Waals surface area contributed by atoms with E-state index in [1.165, 1.54) is 19.3 Å². The standard InChI is InChI=1S/C15H20N2O2/c18-15(17-9-4-10-17)12-7-8-16-14(11-12)19-13-5-2-1-3-6-13/h7-8,11,13H,1-6,9-10H2. The summed E-state index contributed by atoms with van der Waals surface area (Å²) in [4.78, 5) is 18.2. The molecular weight excluding hydrogens is 240 g/mol. The van der Waals surface area contributed by atoms with Crippen molar-refractivity contribution in [1.29, 1.82) is 0 Å². The van der Waals surface area contributed by atoms with E-state index in [0.717, 1.165) is 32.4 Å². The van der Waals surface area contributed by atoms with Crippen LogP contribution in [0, 0.1) is 0 Å². The van der Waals surface area contributed by atoms with E-state index < -0.39 is 0 Å². The minimum Gasteiger partial charge on any atom is -0.474 e. The van der Waals surface area contributed by atoms with E-state index in [-0.39, 0.29) is 12.0 Å². The first-order valence-corrected chi connectivity index (χ1v) is 7.25. The van der Waals surface area contributed by atoms with Crippen LogP contribution in [-0.4, -0.2) is 35.0 Å². The molecule has 1 aromatic heterocycles. The molecule has 0 bridgehead atoms. The van der Waals surface area contributed by atoms with E-state index in [2.05, 4.69) is 4.98 Å². The van der Waals surface area contributed by atoms with Crippen molar-refractivity contribution in [3.05, 3.63) is 23.9 Å². The highest BCUT2D eigenvalue weighted by atomic mass is 16.5. The third-order valence-electron chi connectivity index (χ3n) is 3.96. The van der Waals surface area contributed by atoms with E-state index in [1.807, 2.05) is 4.90 Å². The van der Waals surface area contributed by atoms with Gasteiger partial charge in [0, 0.05) is 30.9 Å². The van der Waals surface area contributed by atoms with Gasteiger partial charge in [-0.15, -0.1) is 0 Å². The lowest BCUT2D eigenvalue weighted by atomic mass is 9.98. The van der Waals surface area contributed by atoms with Crippen LogP contribution in [-0.2, 0) is 0 Å². The first-order chi connectivity index (χ1) is 9.33. The molecule has 0 N–H and O–H groups in total. The van der Waals surface area contributed by atoms with Crippen molar-refractivity contribution in [2.45, 2.75) is 44.6 Å². The van der Waals surface area contributed by atoms with Gasteiger partial charge in [0.2, 0.25) is 5.88 Å². The highest BCUT2D eigenvalue weighted by Gasteiger charge is 2.22. The second kappa shape index (κ2) is 5.59. The van der Waals surface area contributed by atoms with Crippen LogP contribution in [0.25, 0.3) is 0 Å². The zero-order chi connectivity index (χ0) is 13.1. The zero-order valence-corrected chi connectivity index (χ0v) is 11.2. The number of aromatic nitrogens is 1. The van der Waals surface area contributed by atoms with Crippen LogP contribution >= 0.6 is 0 Å². The average molecular weight is 260 g/mol. The summed E-state index contributed by atoms with van der Waals surface area (Å²) >= 11 is 0. The fraction of sp³-hybridized carbons (Fsp3) is 0.600. The largest absolute Gasteiger partial charge is 0.474 e. The molecule has 0 atom stereocenters. The molecule has 2 fully saturated rings. The lowest BCUT2D eigenvalue weighted by molar-refractivity contribution is 0.0650. The lowest BCUT2D eigenvalue weighted by Gasteiger charge is -2.31. The van der Waals surface area contributed by atoms with Crippen molar-refractivity contribution in [3.63, 3.8) is 0 Å². The summed E-state index contributed by atoms with van der Waals surface area (Å²) < 4.78 is 5.90. The highest BCUT2D eigenvalue weighted by molar-refractivity contribution is 5.94. The average Bonchev–Trinajstić information content (AvgIpc) is 2.38. The van der Waals surface area contributed by atoms with Crippen molar-refractivity contribution in [2.75, 3.05) is 13.1 Å². The number of carbonyl (C=O) groups excluding carboxylic acids is 1. The first kappa shape index (κ1) is 12.5. The maximum atomic E-state index is 12.1. The van der Waals surface area contributed by atoms with Crippen molar-refractivity contribution in [2.24, 2.45) is 0 Å². The number of ether oxygens (including phenoxy) is 1. The fourth-order valence-electron chi connectivity index (χ4n) is 2.66. The third kappa shape index (κ3) is 2.88. The summed E-state index contributed by atoms with van der Waals surface area (Å²) in [6, 6.07) is 3.56. The lowest BCUT2D eigenvalue weighted by Crippen LogP contribution is -2.42. The van der Waals surface area contributed by atoms with Crippen LogP contribution in [0.15, 0.2) is 18.3 Å². The number of pyridine rings is 1. The van der Waals surface area contributed by atoms with Gasteiger partial charge in [-0.05, 0) is 38.2 Å². The molecule has 0 radical (unpaired) electrons. The van der Waals surface area contributed by atoms with Gasteiger partial charge >= 0.3 is 0 Å². The van der Waals surface area contributed by atoms with Crippen molar-refractivity contribution in [1.82, 2.24) is 9.88 Å². The maximum absolute atomic E-state index is 12.1. The topological polar surface area (TPSA) is 42.4 Å². The number of amides is 1. The van der Waals surface area contributed by atoms with E-state index in [0.29, 0.717) is 11.4 Å². The molecule has 19 heavy (non-hydrogen) atoms. The van der Waals surface area contributed by atoms with Gasteiger partial charge in [0.25, 0.3) is 5.91 Å². The number of nitrogens with zero attached hydrogens (tertiary/aromatic N) is 2. The highest BCUT2D eigenvalue weighted by Crippen LogP contribution is 2.23. The van der Waals surface area contributed by atoms with Gasteiger partial charge < -0.3 is 9.64 Å². The molecule has 3 rings (SSSR count). The molecule has 1 aliphatic heterocycles. The third-order valence-corrected chi connectivity index (χ3v) is 3.96. The van der Waals surface area contributed by atoms with Gasteiger partial charge in [-0.2, -0.15) is 0 Å². The summed E-state index contributed by atoms with van der Waals surface area (Å²) in [7, 11) is 0. The monoisotopic (exact) mass is 260 g/mol. The number of hydrogen-bond acceptors (Lipinski definition) is 3. The fourth-order valence-corrected chi connectivity index (χ4v) is 2.66.